The lowest BCUT2D eigenvalue weighted by Gasteiger charge is -2.14. The zero-order chi connectivity index (χ0) is 15.1. The largest absolute Gasteiger partial charge is 0.386 e. The van der Waals surface area contributed by atoms with Crippen LogP contribution in [-0.4, -0.2) is 29.6 Å². The number of nitrogens with one attached hydrogen (secondary N) is 2. The fourth-order valence-electron chi connectivity index (χ4n) is 1.70. The minimum Gasteiger partial charge on any atom is -0.386 e. The summed E-state index contributed by atoms with van der Waals surface area (Å²) >= 11 is 7.23. The van der Waals surface area contributed by atoms with Crippen molar-refractivity contribution < 1.29 is 5.11 Å². The first-order valence-corrected chi connectivity index (χ1v) is 7.66. The van der Waals surface area contributed by atoms with Gasteiger partial charge < -0.3 is 15.7 Å². The summed E-state index contributed by atoms with van der Waals surface area (Å²) in [5, 5.41) is 16.3. The Balaban J connectivity index is 1.80. The zero-order valence-electron chi connectivity index (χ0n) is 11.6. The molecule has 0 aliphatic rings. The quantitative estimate of drug-likeness (QED) is 0.582. The van der Waals surface area contributed by atoms with Gasteiger partial charge in [-0.2, -0.15) is 0 Å². The van der Waals surface area contributed by atoms with Crippen LogP contribution in [0.4, 0.5) is 0 Å². The molecule has 2 heterocycles. The number of aliphatic imine (C=N–C) groups is 1. The van der Waals surface area contributed by atoms with E-state index in [0.29, 0.717) is 23.4 Å². The molecule has 21 heavy (non-hydrogen) atoms. The lowest BCUT2D eigenvalue weighted by molar-refractivity contribution is 0.184. The van der Waals surface area contributed by atoms with Gasteiger partial charge in [-0.05, 0) is 24.3 Å². The van der Waals surface area contributed by atoms with Gasteiger partial charge in [0.1, 0.15) is 6.10 Å². The van der Waals surface area contributed by atoms with Crippen molar-refractivity contribution in [3.63, 3.8) is 0 Å². The number of hydrogen-bond donors (Lipinski definition) is 3. The second-order valence-electron chi connectivity index (χ2n) is 4.29. The molecule has 2 rings (SSSR count). The van der Waals surface area contributed by atoms with E-state index in [1.807, 2.05) is 24.3 Å². The summed E-state index contributed by atoms with van der Waals surface area (Å²) in [6.07, 6.45) is 1.13. The number of aliphatic hydroxyl groups excluding tert-OH is 1. The molecule has 2 aromatic heterocycles. The van der Waals surface area contributed by atoms with Gasteiger partial charge in [0.2, 0.25) is 0 Å². The molecule has 0 bridgehead atoms. The first-order chi connectivity index (χ1) is 10.2. The average molecular weight is 325 g/mol. The van der Waals surface area contributed by atoms with Crippen LogP contribution in [0, 0.1) is 0 Å². The molecule has 0 aliphatic heterocycles. The minimum atomic E-state index is -0.615. The summed E-state index contributed by atoms with van der Waals surface area (Å²) in [5.74, 6) is 0.613. The van der Waals surface area contributed by atoms with Crippen molar-refractivity contribution in [2.24, 2.45) is 4.99 Å². The number of aliphatic hydroxyl groups is 1. The number of nitrogens with zero attached hydrogens (tertiary/aromatic N) is 2. The molecule has 1 atom stereocenters. The molecule has 112 valence electrons. The van der Waals surface area contributed by atoms with Gasteiger partial charge in [0.05, 0.1) is 16.6 Å². The molecule has 0 radical (unpaired) electrons. The zero-order valence-corrected chi connectivity index (χ0v) is 13.2. The summed E-state index contributed by atoms with van der Waals surface area (Å²) < 4.78 is 0.668. The van der Waals surface area contributed by atoms with E-state index in [1.54, 1.807) is 19.3 Å². The molecule has 5 nitrogen and oxygen atoms in total. The Bertz CT molecular complexity index is 588. The molecule has 0 spiro atoms. The third-order valence-electron chi connectivity index (χ3n) is 2.77. The monoisotopic (exact) mass is 324 g/mol. The number of rotatable bonds is 5. The fourth-order valence-corrected chi connectivity index (χ4v) is 2.75. The van der Waals surface area contributed by atoms with E-state index in [2.05, 4.69) is 20.6 Å². The maximum Gasteiger partial charge on any atom is 0.191 e. The van der Waals surface area contributed by atoms with Crippen molar-refractivity contribution in [1.29, 1.82) is 0 Å². The maximum atomic E-state index is 10.1. The first-order valence-electron chi connectivity index (χ1n) is 6.46. The molecule has 0 fully saturated rings. The summed E-state index contributed by atoms with van der Waals surface area (Å²) in [6.45, 7) is 0.931. The predicted molar refractivity (Wildman–Crippen MR) is 86.7 cm³/mol. The second-order valence-corrected chi connectivity index (χ2v) is 6.03. The Kier molecular flexibility index (Phi) is 5.98. The van der Waals surface area contributed by atoms with E-state index in [0.717, 1.165) is 10.6 Å². The molecule has 1 unspecified atom stereocenters. The number of pyridine rings is 1. The Morgan fingerprint density at radius 2 is 2.24 bits per heavy atom. The van der Waals surface area contributed by atoms with Crippen LogP contribution in [0.5, 0.6) is 0 Å². The van der Waals surface area contributed by atoms with Crippen LogP contribution in [0.1, 0.15) is 16.7 Å². The minimum absolute atomic E-state index is 0.360. The van der Waals surface area contributed by atoms with Crippen molar-refractivity contribution in [2.75, 3.05) is 13.6 Å². The van der Waals surface area contributed by atoms with Crippen LogP contribution in [0.15, 0.2) is 41.5 Å². The van der Waals surface area contributed by atoms with Crippen LogP contribution < -0.4 is 10.6 Å². The van der Waals surface area contributed by atoms with Crippen LogP contribution in [0.2, 0.25) is 4.34 Å². The number of hydrogen-bond acceptors (Lipinski definition) is 4. The summed E-state index contributed by atoms with van der Waals surface area (Å²) in [6, 6.07) is 9.34. The maximum absolute atomic E-state index is 10.1. The molecule has 3 N–H and O–H groups in total. The lowest BCUT2D eigenvalue weighted by Crippen LogP contribution is -2.39. The number of thiophene rings is 1. The lowest BCUT2D eigenvalue weighted by atomic mass is 10.3. The van der Waals surface area contributed by atoms with Gasteiger partial charge in [0, 0.05) is 24.7 Å². The van der Waals surface area contributed by atoms with E-state index >= 15 is 0 Å². The van der Waals surface area contributed by atoms with Crippen molar-refractivity contribution in [3.05, 3.63) is 51.4 Å². The van der Waals surface area contributed by atoms with E-state index in [4.69, 9.17) is 11.6 Å². The molecule has 2 aromatic rings. The second kappa shape index (κ2) is 7.97. The van der Waals surface area contributed by atoms with E-state index < -0.39 is 6.10 Å². The third kappa shape index (κ3) is 5.00. The van der Waals surface area contributed by atoms with E-state index in [-0.39, 0.29) is 0 Å². The highest BCUT2D eigenvalue weighted by Crippen LogP contribution is 2.26. The molecule has 0 saturated heterocycles. The third-order valence-corrected chi connectivity index (χ3v) is 4.10. The normalized spacial score (nSPS) is 13.0. The molecule has 0 aromatic carbocycles. The van der Waals surface area contributed by atoms with Gasteiger partial charge in [-0.15, -0.1) is 11.3 Å². The van der Waals surface area contributed by atoms with Gasteiger partial charge >= 0.3 is 0 Å². The smallest absolute Gasteiger partial charge is 0.191 e. The van der Waals surface area contributed by atoms with Crippen LogP contribution in [0.25, 0.3) is 0 Å². The predicted octanol–water partition coefficient (Wildman–Crippen LogP) is 2.20. The van der Waals surface area contributed by atoms with Gasteiger partial charge in [-0.1, -0.05) is 17.7 Å². The standard InChI is InChI=1S/C14H17ClN4OS/c1-16-14(18-8-10-4-2-3-7-17-10)19-9-11(20)12-5-6-13(15)21-12/h2-7,11,20H,8-9H2,1H3,(H2,16,18,19). The number of aromatic nitrogens is 1. The Morgan fingerprint density at radius 1 is 1.38 bits per heavy atom. The first kappa shape index (κ1) is 15.8. The summed E-state index contributed by atoms with van der Waals surface area (Å²) in [7, 11) is 1.68. The molecular weight excluding hydrogens is 308 g/mol. The fraction of sp³-hybridized carbons (Fsp3) is 0.286. The van der Waals surface area contributed by atoms with Gasteiger partial charge in [0.15, 0.2) is 5.96 Å². The van der Waals surface area contributed by atoms with Crippen molar-refractivity contribution in [3.8, 4) is 0 Å². The highest BCUT2D eigenvalue weighted by molar-refractivity contribution is 7.16. The Hall–Kier alpha value is -1.63. The van der Waals surface area contributed by atoms with E-state index in [9.17, 15) is 5.11 Å². The summed E-state index contributed by atoms with van der Waals surface area (Å²) in [5.41, 5.74) is 0.922. The Morgan fingerprint density at radius 3 is 2.86 bits per heavy atom. The average Bonchev–Trinajstić information content (AvgIpc) is 2.95. The van der Waals surface area contributed by atoms with Crippen molar-refractivity contribution >= 4 is 28.9 Å². The van der Waals surface area contributed by atoms with Crippen LogP contribution in [-0.2, 0) is 6.54 Å². The van der Waals surface area contributed by atoms with Gasteiger partial charge in [-0.3, -0.25) is 9.98 Å². The molecule has 7 heteroatoms. The van der Waals surface area contributed by atoms with E-state index in [1.165, 1.54) is 11.3 Å². The van der Waals surface area contributed by atoms with Crippen molar-refractivity contribution in [1.82, 2.24) is 15.6 Å². The highest BCUT2D eigenvalue weighted by atomic mass is 35.5. The van der Waals surface area contributed by atoms with Gasteiger partial charge in [-0.25, -0.2) is 0 Å². The van der Waals surface area contributed by atoms with Crippen LogP contribution >= 0.6 is 22.9 Å². The van der Waals surface area contributed by atoms with Crippen LogP contribution in [0.3, 0.4) is 0 Å². The van der Waals surface area contributed by atoms with Gasteiger partial charge in [0.25, 0.3) is 0 Å². The summed E-state index contributed by atoms with van der Waals surface area (Å²) in [4.78, 5) is 9.16. The molecule has 0 aliphatic carbocycles. The number of guanidine groups is 1. The molecule has 0 saturated carbocycles. The Labute approximate surface area is 132 Å². The molecule has 0 amide bonds. The topological polar surface area (TPSA) is 69.5 Å². The van der Waals surface area contributed by atoms with Crippen molar-refractivity contribution in [2.45, 2.75) is 12.6 Å². The highest BCUT2D eigenvalue weighted by Gasteiger charge is 2.10. The SMILES string of the molecule is CN=C(NCc1ccccn1)NCC(O)c1ccc(Cl)s1. The number of halogens is 1. The molecular formula is C14H17ClN4OS.